The second-order valence-electron chi connectivity index (χ2n) is 5.38. The van der Waals surface area contributed by atoms with Gasteiger partial charge in [0, 0.05) is 5.69 Å². The Morgan fingerprint density at radius 3 is 2.04 bits per heavy atom. The molecule has 2 aromatic rings. The lowest BCUT2D eigenvalue weighted by molar-refractivity contribution is -0.125. The van der Waals surface area contributed by atoms with Crippen molar-refractivity contribution in [3.63, 3.8) is 0 Å². The molecule has 0 saturated heterocycles. The smallest absolute Gasteiger partial charge is 0.306 e. The van der Waals surface area contributed by atoms with Gasteiger partial charge in [-0.15, -0.1) is 0 Å². The first-order chi connectivity index (χ1) is 12.1. The van der Waals surface area contributed by atoms with Crippen LogP contribution in [0.4, 0.5) is 18.9 Å². The molecule has 2 aromatic carbocycles. The number of para-hydroxylation sites is 1. The van der Waals surface area contributed by atoms with E-state index in [-0.39, 0.29) is 6.54 Å². The van der Waals surface area contributed by atoms with Crippen LogP contribution in [0.15, 0.2) is 60.7 Å². The fourth-order valence-electron chi connectivity index (χ4n) is 2.18. The zero-order valence-electron chi connectivity index (χ0n) is 13.7. The number of nitrogens with zero attached hydrogens (tertiary/aromatic N) is 1. The summed E-state index contributed by atoms with van der Waals surface area (Å²) in [6.45, 7) is 1.01. The molecule has 1 amide bonds. The molecule has 0 aliphatic heterocycles. The van der Waals surface area contributed by atoms with Gasteiger partial charge in [-0.2, -0.15) is 21.6 Å². The van der Waals surface area contributed by atoms with Crippen molar-refractivity contribution in [2.24, 2.45) is 0 Å². The SMILES string of the molecule is C[C@H](OS(=O)(=O)C(F)(F)F)C(=O)N(Cc1ccccc1)c1ccccc1. The Bertz CT molecular complexity index is 839. The summed E-state index contributed by atoms with van der Waals surface area (Å²) in [6.07, 6.45) is -1.84. The summed E-state index contributed by atoms with van der Waals surface area (Å²) < 4.78 is 63.9. The normalized spacial score (nSPS) is 13.2. The van der Waals surface area contributed by atoms with Crippen LogP contribution in [0.25, 0.3) is 0 Å². The summed E-state index contributed by atoms with van der Waals surface area (Å²) in [5.41, 5.74) is -4.48. The summed E-state index contributed by atoms with van der Waals surface area (Å²) in [7, 11) is -5.88. The van der Waals surface area contributed by atoms with Crippen molar-refractivity contribution >= 4 is 21.7 Å². The topological polar surface area (TPSA) is 63.7 Å². The molecule has 5 nitrogen and oxygen atoms in total. The number of carbonyl (C=O) groups excluding carboxylic acids is 1. The van der Waals surface area contributed by atoms with Crippen LogP contribution in [-0.2, 0) is 25.6 Å². The van der Waals surface area contributed by atoms with E-state index in [0.717, 1.165) is 12.5 Å². The second-order valence-corrected chi connectivity index (χ2v) is 6.95. The quantitative estimate of drug-likeness (QED) is 0.562. The number of alkyl halides is 3. The molecule has 0 fully saturated rings. The largest absolute Gasteiger partial charge is 0.523 e. The molecule has 0 aromatic heterocycles. The Morgan fingerprint density at radius 2 is 1.54 bits per heavy atom. The van der Waals surface area contributed by atoms with Crippen LogP contribution in [0.1, 0.15) is 12.5 Å². The molecule has 0 N–H and O–H groups in total. The van der Waals surface area contributed by atoms with Crippen LogP contribution in [0.5, 0.6) is 0 Å². The molecule has 0 heterocycles. The number of rotatable bonds is 6. The number of anilines is 1. The highest BCUT2D eigenvalue weighted by atomic mass is 32.2. The third-order valence-corrected chi connectivity index (χ3v) is 4.53. The van der Waals surface area contributed by atoms with Crippen molar-refractivity contribution in [2.75, 3.05) is 4.90 Å². The molecule has 0 aliphatic rings. The van der Waals surface area contributed by atoms with E-state index in [1.807, 2.05) is 0 Å². The van der Waals surface area contributed by atoms with Crippen molar-refractivity contribution in [2.45, 2.75) is 25.1 Å². The Morgan fingerprint density at radius 1 is 1.04 bits per heavy atom. The number of benzene rings is 2. The van der Waals surface area contributed by atoms with Gasteiger partial charge in [-0.1, -0.05) is 48.5 Å². The maximum atomic E-state index is 12.6. The zero-order valence-corrected chi connectivity index (χ0v) is 14.5. The van der Waals surface area contributed by atoms with E-state index in [9.17, 15) is 26.4 Å². The predicted molar refractivity (Wildman–Crippen MR) is 89.6 cm³/mol. The van der Waals surface area contributed by atoms with E-state index in [1.54, 1.807) is 60.7 Å². The third-order valence-electron chi connectivity index (χ3n) is 3.42. The van der Waals surface area contributed by atoms with E-state index in [1.165, 1.54) is 4.90 Å². The van der Waals surface area contributed by atoms with Crippen molar-refractivity contribution in [1.29, 1.82) is 0 Å². The second kappa shape index (κ2) is 7.88. The van der Waals surface area contributed by atoms with E-state index in [4.69, 9.17) is 0 Å². The molecular weight excluding hydrogens is 371 g/mol. The van der Waals surface area contributed by atoms with Gasteiger partial charge >= 0.3 is 15.6 Å². The van der Waals surface area contributed by atoms with Crippen molar-refractivity contribution in [3.05, 3.63) is 66.2 Å². The van der Waals surface area contributed by atoms with E-state index in [0.29, 0.717) is 5.69 Å². The van der Waals surface area contributed by atoms with E-state index < -0.39 is 27.6 Å². The van der Waals surface area contributed by atoms with Gasteiger partial charge in [-0.25, -0.2) is 0 Å². The first kappa shape index (κ1) is 19.9. The number of halogens is 3. The van der Waals surface area contributed by atoms with Gasteiger partial charge in [0.2, 0.25) is 0 Å². The minimum absolute atomic E-state index is 0.0451. The predicted octanol–water partition coefficient (Wildman–Crippen LogP) is 3.47. The maximum Gasteiger partial charge on any atom is 0.523 e. The summed E-state index contributed by atoms with van der Waals surface area (Å²) in [4.78, 5) is 13.8. The van der Waals surface area contributed by atoms with Crippen molar-refractivity contribution in [3.8, 4) is 0 Å². The fraction of sp³-hybridized carbons (Fsp3) is 0.235. The molecule has 0 bridgehead atoms. The molecule has 26 heavy (non-hydrogen) atoms. The number of hydrogen-bond acceptors (Lipinski definition) is 4. The first-order valence-electron chi connectivity index (χ1n) is 7.52. The lowest BCUT2D eigenvalue weighted by Gasteiger charge is -2.26. The molecule has 0 aliphatic carbocycles. The lowest BCUT2D eigenvalue weighted by atomic mass is 10.1. The van der Waals surface area contributed by atoms with Gasteiger partial charge < -0.3 is 4.90 Å². The van der Waals surface area contributed by atoms with Crippen LogP contribution < -0.4 is 4.90 Å². The molecule has 0 saturated carbocycles. The van der Waals surface area contributed by atoms with Crippen LogP contribution in [0.3, 0.4) is 0 Å². The highest BCUT2D eigenvalue weighted by Crippen LogP contribution is 2.27. The molecular formula is C17H16F3NO4S. The summed E-state index contributed by atoms with van der Waals surface area (Å²) in [5, 5.41) is 0. The monoisotopic (exact) mass is 387 g/mol. The molecule has 2 rings (SSSR count). The molecule has 0 spiro atoms. The summed E-state index contributed by atoms with van der Waals surface area (Å²) in [5.74, 6) is -0.909. The Balaban J connectivity index is 2.28. The Kier molecular flexibility index (Phi) is 6.04. The average molecular weight is 387 g/mol. The summed E-state index contributed by atoms with van der Waals surface area (Å²) in [6, 6.07) is 16.9. The highest BCUT2D eigenvalue weighted by Gasteiger charge is 2.49. The molecule has 1 atom stereocenters. The minimum atomic E-state index is -5.88. The van der Waals surface area contributed by atoms with Gasteiger partial charge in [0.15, 0.2) is 6.10 Å². The number of hydrogen-bond donors (Lipinski definition) is 0. The van der Waals surface area contributed by atoms with Gasteiger partial charge in [0.05, 0.1) is 6.54 Å². The van der Waals surface area contributed by atoms with E-state index in [2.05, 4.69) is 4.18 Å². The highest BCUT2D eigenvalue weighted by molar-refractivity contribution is 7.87. The van der Waals surface area contributed by atoms with Gasteiger partial charge in [-0.05, 0) is 24.6 Å². The van der Waals surface area contributed by atoms with Crippen molar-refractivity contribution < 1.29 is 30.6 Å². The lowest BCUT2D eigenvalue weighted by Crippen LogP contribution is -2.41. The Labute approximate surface area is 149 Å². The Hall–Kier alpha value is -2.39. The van der Waals surface area contributed by atoms with Gasteiger partial charge in [0.25, 0.3) is 5.91 Å². The third kappa shape index (κ3) is 4.83. The van der Waals surface area contributed by atoms with Crippen LogP contribution in [0, 0.1) is 0 Å². The van der Waals surface area contributed by atoms with Gasteiger partial charge in [0.1, 0.15) is 0 Å². The molecule has 0 radical (unpaired) electrons. The van der Waals surface area contributed by atoms with E-state index >= 15 is 0 Å². The number of carbonyl (C=O) groups is 1. The maximum absolute atomic E-state index is 12.6. The van der Waals surface area contributed by atoms with Gasteiger partial charge in [-0.3, -0.25) is 8.98 Å². The molecule has 9 heteroatoms. The standard InChI is InChI=1S/C17H16F3NO4S/c1-13(25-26(23,24)17(18,19)20)16(22)21(15-10-6-3-7-11-15)12-14-8-4-2-5-9-14/h2-11,13H,12H2,1H3/t13-/m0/s1. The first-order valence-corrected chi connectivity index (χ1v) is 8.92. The fourth-order valence-corrected chi connectivity index (χ4v) is 2.75. The van der Waals surface area contributed by atoms with Crippen LogP contribution in [-0.4, -0.2) is 25.9 Å². The average Bonchev–Trinajstić information content (AvgIpc) is 2.59. The minimum Gasteiger partial charge on any atom is -0.306 e. The number of amides is 1. The molecule has 0 unspecified atom stereocenters. The summed E-state index contributed by atoms with van der Waals surface area (Å²) >= 11 is 0. The van der Waals surface area contributed by atoms with Crippen LogP contribution >= 0.6 is 0 Å². The van der Waals surface area contributed by atoms with Crippen LogP contribution in [0.2, 0.25) is 0 Å². The zero-order chi connectivity index (χ0) is 19.4. The van der Waals surface area contributed by atoms with Crippen molar-refractivity contribution in [1.82, 2.24) is 0 Å². The molecule has 140 valence electrons.